The van der Waals surface area contributed by atoms with E-state index < -0.39 is 16.1 Å². The molecule has 3 aromatic rings. The molecule has 3 rings (SSSR count). The smallest absolute Gasteiger partial charge is 0.127 e. The molecular formula is C30H28SSi2. The van der Waals surface area contributed by atoms with Gasteiger partial charge in [0.05, 0.1) is 20.9 Å². The van der Waals surface area contributed by atoms with Gasteiger partial charge in [0.15, 0.2) is 0 Å². The first-order chi connectivity index (χ1) is 15.6. The van der Waals surface area contributed by atoms with Crippen LogP contribution in [0, 0.1) is 46.6 Å². The van der Waals surface area contributed by atoms with Crippen molar-refractivity contribution in [1.82, 2.24) is 0 Å². The molecule has 1 heterocycles. The van der Waals surface area contributed by atoms with Crippen LogP contribution >= 0.6 is 11.3 Å². The molecule has 0 saturated carbocycles. The summed E-state index contributed by atoms with van der Waals surface area (Å²) in [5.41, 5.74) is 10.9. The van der Waals surface area contributed by atoms with E-state index >= 15 is 0 Å². The van der Waals surface area contributed by atoms with Crippen molar-refractivity contribution in [1.29, 1.82) is 0 Å². The van der Waals surface area contributed by atoms with Gasteiger partial charge < -0.3 is 0 Å². The van der Waals surface area contributed by atoms with Gasteiger partial charge in [-0.3, -0.25) is 0 Å². The molecule has 0 N–H and O–H groups in total. The van der Waals surface area contributed by atoms with E-state index in [-0.39, 0.29) is 0 Å². The second-order valence-corrected chi connectivity index (χ2v) is 20.3. The quantitative estimate of drug-likeness (QED) is 0.242. The fourth-order valence-electron chi connectivity index (χ4n) is 2.65. The van der Waals surface area contributed by atoms with Crippen molar-refractivity contribution >= 4 is 27.5 Å². The van der Waals surface area contributed by atoms with Gasteiger partial charge in [-0.05, 0) is 36.1 Å². The topological polar surface area (TPSA) is 0 Å². The maximum absolute atomic E-state index is 3.52. The van der Waals surface area contributed by atoms with E-state index in [9.17, 15) is 0 Å². The highest BCUT2D eigenvalue weighted by Crippen LogP contribution is 2.27. The first-order valence-electron chi connectivity index (χ1n) is 11.0. The van der Waals surface area contributed by atoms with Gasteiger partial charge in [-0.15, -0.1) is 22.4 Å². The Morgan fingerprint density at radius 2 is 0.848 bits per heavy atom. The van der Waals surface area contributed by atoms with Crippen LogP contribution < -0.4 is 0 Å². The zero-order chi connectivity index (χ0) is 23.9. The number of hydrogen-bond acceptors (Lipinski definition) is 1. The molecular weight excluding hydrogens is 449 g/mol. The maximum Gasteiger partial charge on any atom is 0.129 e. The molecule has 0 unspecified atom stereocenters. The molecule has 0 radical (unpaired) electrons. The van der Waals surface area contributed by atoms with Crippen molar-refractivity contribution in [2.75, 3.05) is 0 Å². The molecule has 0 aliphatic carbocycles. The summed E-state index contributed by atoms with van der Waals surface area (Å²) in [6.07, 6.45) is 0. The van der Waals surface area contributed by atoms with Crippen LogP contribution in [-0.4, -0.2) is 16.1 Å². The summed E-state index contributed by atoms with van der Waals surface area (Å²) >= 11 is 1.60. The largest absolute Gasteiger partial charge is 0.129 e. The van der Waals surface area contributed by atoms with Crippen molar-refractivity contribution in [3.05, 3.63) is 92.7 Å². The van der Waals surface area contributed by atoms with Gasteiger partial charge >= 0.3 is 0 Å². The second-order valence-electron chi connectivity index (χ2n) is 9.74. The van der Waals surface area contributed by atoms with Crippen molar-refractivity contribution < 1.29 is 0 Å². The lowest BCUT2D eigenvalue weighted by atomic mass is 10.1. The molecule has 2 aromatic carbocycles. The fourth-order valence-corrected chi connectivity index (χ4v) is 4.57. The second kappa shape index (κ2) is 10.6. The zero-order valence-electron chi connectivity index (χ0n) is 20.2. The zero-order valence-corrected chi connectivity index (χ0v) is 23.0. The Hall–Kier alpha value is -3.19. The number of rotatable bonds is 0. The minimum atomic E-state index is -1.57. The summed E-state index contributed by atoms with van der Waals surface area (Å²) in [4.78, 5) is 1.89. The first-order valence-corrected chi connectivity index (χ1v) is 18.8. The van der Waals surface area contributed by atoms with Crippen LogP contribution in [-0.2, 0) is 0 Å². The number of hydrogen-bond donors (Lipinski definition) is 0. The molecule has 0 saturated heterocycles. The third-order valence-electron chi connectivity index (χ3n) is 4.22. The van der Waals surface area contributed by atoms with E-state index in [0.29, 0.717) is 0 Å². The fraction of sp³-hybridized carbons (Fsp3) is 0.200. The average Bonchev–Trinajstić information content (AvgIpc) is 3.10. The van der Waals surface area contributed by atoms with Crippen LogP contribution in [0.2, 0.25) is 39.3 Å². The minimum absolute atomic E-state index is 0.939. The van der Waals surface area contributed by atoms with Crippen molar-refractivity contribution in [3.63, 3.8) is 0 Å². The third kappa shape index (κ3) is 8.02. The summed E-state index contributed by atoms with van der Waals surface area (Å²) in [5.74, 6) is 20.3. The Morgan fingerprint density at radius 3 is 1.18 bits per heavy atom. The van der Waals surface area contributed by atoms with Crippen LogP contribution in [0.1, 0.15) is 32.0 Å². The van der Waals surface area contributed by atoms with Crippen LogP contribution in [0.15, 0.2) is 60.7 Å². The normalized spacial score (nSPS) is 10.4. The van der Waals surface area contributed by atoms with E-state index in [0.717, 1.165) is 32.0 Å². The summed E-state index contributed by atoms with van der Waals surface area (Å²) in [5, 5.41) is 0. The molecule has 0 fully saturated rings. The molecule has 0 aliphatic heterocycles. The molecule has 0 amide bonds. The molecule has 0 spiro atoms. The summed E-state index contributed by atoms with van der Waals surface area (Å²) < 4.78 is 0. The predicted molar refractivity (Wildman–Crippen MR) is 150 cm³/mol. The molecule has 0 bridgehead atoms. The van der Waals surface area contributed by atoms with Crippen LogP contribution in [0.4, 0.5) is 0 Å². The first kappa shape index (κ1) is 24.5. The molecule has 0 aliphatic rings. The highest BCUT2D eigenvalue weighted by atomic mass is 32.1. The van der Waals surface area contributed by atoms with E-state index in [1.807, 2.05) is 60.7 Å². The lowest BCUT2D eigenvalue weighted by Crippen LogP contribution is -2.16. The molecule has 0 nitrogen and oxygen atoms in total. The predicted octanol–water partition coefficient (Wildman–Crippen LogP) is 7.01. The molecule has 1 aromatic heterocycles. The molecule has 3 heteroatoms. The lowest BCUT2D eigenvalue weighted by molar-refractivity contribution is 1.64. The van der Waals surface area contributed by atoms with Crippen LogP contribution in [0.5, 0.6) is 0 Å². The van der Waals surface area contributed by atoms with Crippen LogP contribution in [0.25, 0.3) is 0 Å². The average molecular weight is 477 g/mol. The summed E-state index contributed by atoms with van der Waals surface area (Å²) in [7, 11) is -3.15. The van der Waals surface area contributed by atoms with E-state index in [1.54, 1.807) is 11.3 Å². The van der Waals surface area contributed by atoms with Crippen LogP contribution in [0.3, 0.4) is 0 Å². The van der Waals surface area contributed by atoms with Gasteiger partial charge in [0.1, 0.15) is 16.1 Å². The van der Waals surface area contributed by atoms with Gasteiger partial charge in [0.2, 0.25) is 0 Å². The van der Waals surface area contributed by atoms with Gasteiger partial charge in [-0.25, -0.2) is 0 Å². The summed E-state index contributed by atoms with van der Waals surface area (Å²) in [6, 6.07) is 20.1. The van der Waals surface area contributed by atoms with E-state index in [1.165, 1.54) is 0 Å². The molecule has 0 atom stereocenters. The lowest BCUT2D eigenvalue weighted by Gasteiger charge is -2.04. The van der Waals surface area contributed by atoms with E-state index in [2.05, 4.69) is 85.9 Å². The van der Waals surface area contributed by atoms with E-state index in [4.69, 9.17) is 0 Å². The van der Waals surface area contributed by atoms with Gasteiger partial charge in [0.25, 0.3) is 0 Å². The number of benzene rings is 2. The van der Waals surface area contributed by atoms with Crippen molar-refractivity contribution in [2.24, 2.45) is 0 Å². The molecule has 162 valence electrons. The Labute approximate surface area is 205 Å². The Kier molecular flexibility index (Phi) is 7.87. The number of thiophene rings is 1. The highest BCUT2D eigenvalue weighted by molar-refractivity contribution is 7.13. The molecule has 33 heavy (non-hydrogen) atoms. The Balaban J connectivity index is 2.23. The minimum Gasteiger partial charge on any atom is -0.127 e. The maximum atomic E-state index is 3.52. The van der Waals surface area contributed by atoms with Gasteiger partial charge in [0, 0.05) is 11.1 Å². The third-order valence-corrected chi connectivity index (χ3v) is 6.99. The van der Waals surface area contributed by atoms with Gasteiger partial charge in [-0.2, -0.15) is 0 Å². The standard InChI is InChI=1S/C30H28SSi2/c1-32(2,3)23-21-27-28(22-24-33(4,5)6)30(20-18-26-15-11-8-12-16-26)31-29(27)19-17-25-13-9-7-10-14-25/h7-16H,1-6H3. The van der Waals surface area contributed by atoms with Gasteiger partial charge in [-0.1, -0.05) is 99.4 Å². The Morgan fingerprint density at radius 1 is 0.485 bits per heavy atom. The highest BCUT2D eigenvalue weighted by Gasteiger charge is 2.16. The SMILES string of the molecule is C[Si](C)(C)C#Cc1c(C#Cc2ccccc2)sc(C#Cc2ccccc2)c1C#C[Si](C)(C)C. The Bertz CT molecular complexity index is 1260. The van der Waals surface area contributed by atoms with Crippen molar-refractivity contribution in [2.45, 2.75) is 39.3 Å². The summed E-state index contributed by atoms with van der Waals surface area (Å²) in [6.45, 7) is 13.5. The van der Waals surface area contributed by atoms with Crippen molar-refractivity contribution in [3.8, 4) is 46.6 Å². The monoisotopic (exact) mass is 476 g/mol.